The third-order valence-corrected chi connectivity index (χ3v) is 3.89. The minimum atomic E-state index is -1.14. The molecule has 1 heterocycles. The maximum absolute atomic E-state index is 12.2. The van der Waals surface area contributed by atoms with Crippen LogP contribution in [0.2, 0.25) is 5.02 Å². The normalized spacial score (nSPS) is 17.7. The van der Waals surface area contributed by atoms with Gasteiger partial charge in [0, 0.05) is 18.7 Å². The van der Waals surface area contributed by atoms with Gasteiger partial charge in [0.15, 0.2) is 0 Å². The van der Waals surface area contributed by atoms with Gasteiger partial charge < -0.3 is 20.1 Å². The summed E-state index contributed by atoms with van der Waals surface area (Å²) in [5.41, 5.74) is 0.289. The Hall–Kier alpha value is -1.95. The second kappa shape index (κ2) is 6.22. The number of halogens is 1. The third-order valence-electron chi connectivity index (χ3n) is 3.58. The van der Waals surface area contributed by atoms with Crippen LogP contribution in [-0.2, 0) is 0 Å². The van der Waals surface area contributed by atoms with Crippen molar-refractivity contribution in [1.29, 1.82) is 0 Å². The zero-order valence-corrected chi connectivity index (χ0v) is 12.6. The Kier molecular flexibility index (Phi) is 4.57. The Morgan fingerprint density at radius 1 is 1.48 bits per heavy atom. The summed E-state index contributed by atoms with van der Waals surface area (Å²) in [6, 6.07) is 2.63. The molecule has 7 heteroatoms. The highest BCUT2D eigenvalue weighted by Gasteiger charge is 2.26. The zero-order valence-electron chi connectivity index (χ0n) is 11.9. The number of methoxy groups -OCH3 is 1. The smallest absolute Gasteiger partial charge is 0.339 e. The molecule has 1 saturated heterocycles. The Balaban J connectivity index is 2.24. The van der Waals surface area contributed by atoms with E-state index >= 15 is 0 Å². The highest BCUT2D eigenvalue weighted by molar-refractivity contribution is 6.34. The fraction of sp³-hybridized carbons (Fsp3) is 0.429. The lowest BCUT2D eigenvalue weighted by atomic mass is 10.2. The number of amides is 2. The minimum absolute atomic E-state index is 0.0463. The summed E-state index contributed by atoms with van der Waals surface area (Å²) in [6.07, 6.45) is 1.95. The summed E-state index contributed by atoms with van der Waals surface area (Å²) in [5, 5.41) is 11.9. The third kappa shape index (κ3) is 3.21. The quantitative estimate of drug-likeness (QED) is 0.899. The van der Waals surface area contributed by atoms with Crippen molar-refractivity contribution in [3.63, 3.8) is 0 Å². The first kappa shape index (κ1) is 15.4. The molecule has 6 nitrogen and oxygen atoms in total. The summed E-state index contributed by atoms with van der Waals surface area (Å²) < 4.78 is 5.03. The summed E-state index contributed by atoms with van der Waals surface area (Å²) >= 11 is 6.04. The second-order valence-electron chi connectivity index (χ2n) is 4.95. The fourth-order valence-electron chi connectivity index (χ4n) is 2.41. The molecule has 0 aromatic heterocycles. The number of anilines is 1. The van der Waals surface area contributed by atoms with E-state index in [1.165, 1.54) is 19.2 Å². The number of carboxylic acid groups (broad SMARTS) is 1. The van der Waals surface area contributed by atoms with Crippen molar-refractivity contribution in [3.8, 4) is 5.75 Å². The molecule has 0 aliphatic carbocycles. The monoisotopic (exact) mass is 312 g/mol. The number of rotatable bonds is 3. The maximum Gasteiger partial charge on any atom is 0.339 e. The number of carbonyl (C=O) groups excluding carboxylic acids is 1. The van der Waals surface area contributed by atoms with Crippen LogP contribution in [0.1, 0.15) is 30.1 Å². The molecule has 2 rings (SSSR count). The number of hydrogen-bond acceptors (Lipinski definition) is 3. The molecule has 1 unspecified atom stereocenters. The van der Waals surface area contributed by atoms with E-state index in [0.29, 0.717) is 12.2 Å². The van der Waals surface area contributed by atoms with E-state index in [9.17, 15) is 9.59 Å². The zero-order chi connectivity index (χ0) is 15.6. The van der Waals surface area contributed by atoms with Crippen LogP contribution in [0.3, 0.4) is 0 Å². The van der Waals surface area contributed by atoms with Gasteiger partial charge in [-0.3, -0.25) is 0 Å². The van der Waals surface area contributed by atoms with Gasteiger partial charge in [0.05, 0.1) is 17.8 Å². The summed E-state index contributed by atoms with van der Waals surface area (Å²) in [6.45, 7) is 2.69. The molecule has 2 N–H and O–H groups in total. The number of hydrogen-bond donors (Lipinski definition) is 2. The van der Waals surface area contributed by atoms with Crippen LogP contribution < -0.4 is 10.1 Å². The number of nitrogens with zero attached hydrogens (tertiary/aromatic N) is 1. The van der Waals surface area contributed by atoms with Gasteiger partial charge in [0.2, 0.25) is 0 Å². The minimum Gasteiger partial charge on any atom is -0.496 e. The van der Waals surface area contributed by atoms with Gasteiger partial charge in [-0.1, -0.05) is 11.6 Å². The van der Waals surface area contributed by atoms with Crippen LogP contribution in [0, 0.1) is 0 Å². The SMILES string of the molecule is COc1cc(NC(=O)N2CCCC2C)c(Cl)cc1C(=O)O. The fourth-order valence-corrected chi connectivity index (χ4v) is 2.62. The van der Waals surface area contributed by atoms with E-state index in [2.05, 4.69) is 5.32 Å². The summed E-state index contributed by atoms with van der Waals surface area (Å²) in [4.78, 5) is 25.0. The predicted molar refractivity (Wildman–Crippen MR) is 79.4 cm³/mol. The Labute approximate surface area is 127 Å². The van der Waals surface area contributed by atoms with Crippen molar-refractivity contribution in [2.75, 3.05) is 19.0 Å². The van der Waals surface area contributed by atoms with Crippen molar-refractivity contribution >= 4 is 29.3 Å². The molecule has 1 fully saturated rings. The van der Waals surface area contributed by atoms with E-state index in [1.54, 1.807) is 4.90 Å². The molecule has 21 heavy (non-hydrogen) atoms. The van der Waals surface area contributed by atoms with Crippen molar-refractivity contribution in [2.24, 2.45) is 0 Å². The molecule has 1 aliphatic heterocycles. The average Bonchev–Trinajstić information content (AvgIpc) is 2.86. The van der Waals surface area contributed by atoms with Gasteiger partial charge in [-0.05, 0) is 25.8 Å². The van der Waals surface area contributed by atoms with Crippen LogP contribution in [0.4, 0.5) is 10.5 Å². The molecule has 0 radical (unpaired) electrons. The molecule has 2 amide bonds. The number of benzene rings is 1. The average molecular weight is 313 g/mol. The number of urea groups is 1. The van der Waals surface area contributed by atoms with Crippen molar-refractivity contribution in [2.45, 2.75) is 25.8 Å². The first-order valence-electron chi connectivity index (χ1n) is 6.62. The van der Waals surface area contributed by atoms with Crippen molar-refractivity contribution < 1.29 is 19.4 Å². The molecule has 0 bridgehead atoms. The lowest BCUT2D eigenvalue weighted by Gasteiger charge is -2.22. The topological polar surface area (TPSA) is 78.9 Å². The number of carbonyl (C=O) groups is 2. The number of ether oxygens (including phenoxy) is 1. The van der Waals surface area contributed by atoms with Crippen molar-refractivity contribution in [3.05, 3.63) is 22.7 Å². The van der Waals surface area contributed by atoms with Crippen LogP contribution in [0.25, 0.3) is 0 Å². The van der Waals surface area contributed by atoms with E-state index in [-0.39, 0.29) is 28.4 Å². The van der Waals surface area contributed by atoms with Gasteiger partial charge in [-0.2, -0.15) is 0 Å². The van der Waals surface area contributed by atoms with Crippen LogP contribution in [0.5, 0.6) is 5.75 Å². The summed E-state index contributed by atoms with van der Waals surface area (Å²) in [7, 11) is 1.36. The highest BCUT2D eigenvalue weighted by atomic mass is 35.5. The largest absolute Gasteiger partial charge is 0.496 e. The van der Waals surface area contributed by atoms with Gasteiger partial charge in [0.25, 0.3) is 0 Å². The summed E-state index contributed by atoms with van der Waals surface area (Å²) in [5.74, 6) is -0.989. The molecular formula is C14H17ClN2O4. The highest BCUT2D eigenvalue weighted by Crippen LogP contribution is 2.31. The number of likely N-dealkylation sites (tertiary alicyclic amines) is 1. The number of carboxylic acids is 1. The molecule has 0 spiro atoms. The Morgan fingerprint density at radius 2 is 2.19 bits per heavy atom. The van der Waals surface area contributed by atoms with Crippen LogP contribution >= 0.6 is 11.6 Å². The second-order valence-corrected chi connectivity index (χ2v) is 5.36. The first-order chi connectivity index (χ1) is 9.93. The lowest BCUT2D eigenvalue weighted by Crippen LogP contribution is -2.37. The molecular weight excluding hydrogens is 296 g/mol. The number of aromatic carboxylic acids is 1. The van der Waals surface area contributed by atoms with E-state index in [1.807, 2.05) is 6.92 Å². The van der Waals surface area contributed by atoms with Gasteiger partial charge in [0.1, 0.15) is 11.3 Å². The Morgan fingerprint density at radius 3 is 2.71 bits per heavy atom. The molecule has 0 saturated carbocycles. The Bertz CT molecular complexity index is 576. The lowest BCUT2D eigenvalue weighted by molar-refractivity contribution is 0.0693. The van der Waals surface area contributed by atoms with E-state index in [4.69, 9.17) is 21.4 Å². The standard InChI is InChI=1S/C14H17ClN2O4/c1-8-4-3-5-17(8)14(20)16-11-7-12(21-2)9(13(18)19)6-10(11)15/h6-8H,3-5H2,1-2H3,(H,16,20)(H,18,19). The molecule has 1 aromatic carbocycles. The van der Waals surface area contributed by atoms with Gasteiger partial charge in [-0.15, -0.1) is 0 Å². The maximum atomic E-state index is 12.2. The molecule has 1 aromatic rings. The first-order valence-corrected chi connectivity index (χ1v) is 7.00. The van der Waals surface area contributed by atoms with Crippen molar-refractivity contribution in [1.82, 2.24) is 4.90 Å². The molecule has 1 aliphatic rings. The molecule has 114 valence electrons. The van der Waals surface area contributed by atoms with Gasteiger partial charge >= 0.3 is 12.0 Å². The van der Waals surface area contributed by atoms with Crippen LogP contribution in [0.15, 0.2) is 12.1 Å². The van der Waals surface area contributed by atoms with Crippen LogP contribution in [-0.4, -0.2) is 41.7 Å². The number of nitrogens with one attached hydrogen (secondary N) is 1. The molecule has 1 atom stereocenters. The van der Waals surface area contributed by atoms with E-state index < -0.39 is 5.97 Å². The predicted octanol–water partition coefficient (Wildman–Crippen LogP) is 3.06. The van der Waals surface area contributed by atoms with Gasteiger partial charge in [-0.25, -0.2) is 9.59 Å². The van der Waals surface area contributed by atoms with E-state index in [0.717, 1.165) is 12.8 Å².